The number of fused-ring (bicyclic) bond motifs is 1. The van der Waals surface area contributed by atoms with Crippen molar-refractivity contribution in [1.29, 1.82) is 0 Å². The van der Waals surface area contributed by atoms with Crippen LogP contribution in [0.25, 0.3) is 10.8 Å². The molecule has 0 fully saturated rings. The van der Waals surface area contributed by atoms with Gasteiger partial charge < -0.3 is 5.73 Å². The molecule has 2 aromatic carbocycles. The second kappa shape index (κ2) is 6.20. The summed E-state index contributed by atoms with van der Waals surface area (Å²) in [5.74, 6) is 0.768. The molecule has 0 aliphatic heterocycles. The molecule has 0 saturated heterocycles. The Labute approximate surface area is 109 Å². The molecule has 2 rings (SSSR count). The lowest BCUT2D eigenvalue weighted by atomic mass is 10.0. The Hall–Kier alpha value is -1.83. The topological polar surface area (TPSA) is 38.4 Å². The third-order valence-corrected chi connectivity index (χ3v) is 3.12. The van der Waals surface area contributed by atoms with E-state index in [1.165, 1.54) is 16.3 Å². The normalized spacial score (nSPS) is 11.9. The number of hydrogen-bond acceptors (Lipinski definition) is 1. The second-order valence-electron chi connectivity index (χ2n) is 4.55. The van der Waals surface area contributed by atoms with Crippen molar-refractivity contribution in [2.75, 3.05) is 0 Å². The lowest BCUT2D eigenvalue weighted by Gasteiger charge is -2.05. The highest BCUT2D eigenvalue weighted by molar-refractivity contribution is 5.86. The van der Waals surface area contributed by atoms with E-state index in [0.29, 0.717) is 6.54 Å². The standard InChI is InChI=1S/C16H20N2/c1-2-3-11-16(17)18-12-14-9-6-8-13-7-4-5-10-15(13)14/h4-10H,2-3,11-12H2,1H3,(H2,17,18). The molecule has 2 N–H and O–H groups in total. The van der Waals surface area contributed by atoms with Gasteiger partial charge in [0.15, 0.2) is 0 Å². The minimum Gasteiger partial charge on any atom is -0.387 e. The van der Waals surface area contributed by atoms with Gasteiger partial charge in [0.2, 0.25) is 0 Å². The maximum atomic E-state index is 5.90. The Balaban J connectivity index is 2.17. The van der Waals surface area contributed by atoms with Gasteiger partial charge in [-0.3, -0.25) is 4.99 Å². The van der Waals surface area contributed by atoms with Gasteiger partial charge in [-0.15, -0.1) is 0 Å². The van der Waals surface area contributed by atoms with Crippen LogP contribution in [0.4, 0.5) is 0 Å². The maximum absolute atomic E-state index is 5.90. The lowest BCUT2D eigenvalue weighted by Crippen LogP contribution is -2.11. The van der Waals surface area contributed by atoms with Gasteiger partial charge in [0.25, 0.3) is 0 Å². The van der Waals surface area contributed by atoms with E-state index in [1.807, 2.05) is 0 Å². The molecule has 0 bridgehead atoms. The Morgan fingerprint density at radius 1 is 1.11 bits per heavy atom. The van der Waals surface area contributed by atoms with E-state index >= 15 is 0 Å². The van der Waals surface area contributed by atoms with Crippen LogP contribution < -0.4 is 5.73 Å². The molecular weight excluding hydrogens is 220 g/mol. The molecule has 0 radical (unpaired) electrons. The van der Waals surface area contributed by atoms with Crippen LogP contribution in [0.2, 0.25) is 0 Å². The van der Waals surface area contributed by atoms with Crippen molar-refractivity contribution in [1.82, 2.24) is 0 Å². The first kappa shape index (κ1) is 12.6. The van der Waals surface area contributed by atoms with E-state index in [1.54, 1.807) is 0 Å². The minimum absolute atomic E-state index is 0.677. The Kier molecular flexibility index (Phi) is 4.35. The minimum atomic E-state index is 0.677. The lowest BCUT2D eigenvalue weighted by molar-refractivity contribution is 0.826. The number of rotatable bonds is 5. The molecule has 0 amide bonds. The fourth-order valence-corrected chi connectivity index (χ4v) is 2.05. The Morgan fingerprint density at radius 3 is 2.72 bits per heavy atom. The Bertz CT molecular complexity index is 538. The number of unbranched alkanes of at least 4 members (excludes halogenated alkanes) is 1. The molecule has 94 valence electrons. The number of aliphatic imine (C=N–C) groups is 1. The second-order valence-corrected chi connectivity index (χ2v) is 4.55. The van der Waals surface area contributed by atoms with Crippen molar-refractivity contribution in [2.24, 2.45) is 10.7 Å². The van der Waals surface area contributed by atoms with Crippen LogP contribution in [0.3, 0.4) is 0 Å². The zero-order chi connectivity index (χ0) is 12.8. The molecule has 0 saturated carbocycles. The van der Waals surface area contributed by atoms with Crippen LogP contribution in [0.5, 0.6) is 0 Å². The highest BCUT2D eigenvalue weighted by Crippen LogP contribution is 2.19. The fourth-order valence-electron chi connectivity index (χ4n) is 2.05. The summed E-state index contributed by atoms with van der Waals surface area (Å²) >= 11 is 0. The molecule has 2 nitrogen and oxygen atoms in total. The number of nitrogens with two attached hydrogens (primary N) is 1. The molecule has 0 spiro atoms. The van der Waals surface area contributed by atoms with Crippen molar-refractivity contribution in [3.63, 3.8) is 0 Å². The van der Waals surface area contributed by atoms with Gasteiger partial charge >= 0.3 is 0 Å². The molecule has 0 unspecified atom stereocenters. The van der Waals surface area contributed by atoms with Crippen molar-refractivity contribution in [3.8, 4) is 0 Å². The summed E-state index contributed by atoms with van der Waals surface area (Å²) in [4.78, 5) is 4.48. The average molecular weight is 240 g/mol. The van der Waals surface area contributed by atoms with E-state index in [2.05, 4.69) is 54.4 Å². The van der Waals surface area contributed by atoms with Gasteiger partial charge in [0.1, 0.15) is 0 Å². The van der Waals surface area contributed by atoms with Crippen molar-refractivity contribution in [2.45, 2.75) is 32.7 Å². The van der Waals surface area contributed by atoms with Crippen molar-refractivity contribution >= 4 is 16.6 Å². The molecule has 18 heavy (non-hydrogen) atoms. The molecule has 0 aliphatic rings. The van der Waals surface area contributed by atoms with Crippen LogP contribution in [0.1, 0.15) is 31.7 Å². The van der Waals surface area contributed by atoms with Crippen LogP contribution in [-0.2, 0) is 6.54 Å². The van der Waals surface area contributed by atoms with E-state index in [4.69, 9.17) is 5.73 Å². The number of amidine groups is 1. The van der Waals surface area contributed by atoms with Gasteiger partial charge in [-0.1, -0.05) is 55.8 Å². The first-order chi connectivity index (χ1) is 8.81. The average Bonchev–Trinajstić information content (AvgIpc) is 2.42. The molecule has 2 aromatic rings. The van der Waals surface area contributed by atoms with Gasteiger partial charge in [-0.2, -0.15) is 0 Å². The molecule has 0 heterocycles. The van der Waals surface area contributed by atoms with Gasteiger partial charge in [-0.05, 0) is 22.8 Å². The summed E-state index contributed by atoms with van der Waals surface area (Å²) in [6.45, 7) is 2.84. The van der Waals surface area contributed by atoms with E-state index in [-0.39, 0.29) is 0 Å². The third-order valence-electron chi connectivity index (χ3n) is 3.12. The quantitative estimate of drug-likeness (QED) is 0.625. The van der Waals surface area contributed by atoms with E-state index in [0.717, 1.165) is 25.1 Å². The smallest absolute Gasteiger partial charge is 0.0941 e. The molecular formula is C16H20N2. The number of nitrogens with zero attached hydrogens (tertiary/aromatic N) is 1. The highest BCUT2D eigenvalue weighted by atomic mass is 14.8. The predicted octanol–water partition coefficient (Wildman–Crippen LogP) is 3.89. The summed E-state index contributed by atoms with van der Waals surface area (Å²) in [5, 5.41) is 2.53. The Morgan fingerprint density at radius 2 is 1.89 bits per heavy atom. The van der Waals surface area contributed by atoms with E-state index < -0.39 is 0 Å². The molecule has 0 aliphatic carbocycles. The summed E-state index contributed by atoms with van der Waals surface area (Å²) < 4.78 is 0. The van der Waals surface area contributed by atoms with Crippen LogP contribution in [-0.4, -0.2) is 5.84 Å². The summed E-state index contributed by atoms with van der Waals surface area (Å²) in [7, 11) is 0. The summed E-state index contributed by atoms with van der Waals surface area (Å²) in [6, 6.07) is 14.7. The van der Waals surface area contributed by atoms with Crippen LogP contribution in [0, 0.1) is 0 Å². The van der Waals surface area contributed by atoms with Gasteiger partial charge in [0, 0.05) is 6.42 Å². The largest absolute Gasteiger partial charge is 0.387 e. The van der Waals surface area contributed by atoms with Crippen molar-refractivity contribution in [3.05, 3.63) is 48.0 Å². The maximum Gasteiger partial charge on any atom is 0.0941 e. The number of hydrogen-bond donors (Lipinski definition) is 1. The van der Waals surface area contributed by atoms with Gasteiger partial charge in [0.05, 0.1) is 12.4 Å². The van der Waals surface area contributed by atoms with Crippen LogP contribution >= 0.6 is 0 Å². The van der Waals surface area contributed by atoms with E-state index in [9.17, 15) is 0 Å². The third kappa shape index (κ3) is 3.10. The SMILES string of the molecule is CCCCC(N)=NCc1cccc2ccccc12. The molecule has 0 atom stereocenters. The van der Waals surface area contributed by atoms with Crippen LogP contribution in [0.15, 0.2) is 47.5 Å². The fraction of sp³-hybridized carbons (Fsp3) is 0.312. The van der Waals surface area contributed by atoms with Crippen molar-refractivity contribution < 1.29 is 0 Å². The summed E-state index contributed by atoms with van der Waals surface area (Å²) in [5.41, 5.74) is 7.14. The first-order valence-electron chi connectivity index (χ1n) is 6.56. The molecule has 2 heteroatoms. The summed E-state index contributed by atoms with van der Waals surface area (Å²) in [6.07, 6.45) is 3.18. The molecule has 0 aromatic heterocycles. The predicted molar refractivity (Wildman–Crippen MR) is 78.8 cm³/mol. The highest BCUT2D eigenvalue weighted by Gasteiger charge is 1.99. The zero-order valence-corrected chi connectivity index (χ0v) is 10.9. The first-order valence-corrected chi connectivity index (χ1v) is 6.56. The van der Waals surface area contributed by atoms with Gasteiger partial charge in [-0.25, -0.2) is 0 Å². The zero-order valence-electron chi connectivity index (χ0n) is 10.9. The number of benzene rings is 2. The monoisotopic (exact) mass is 240 g/mol.